The number of nitrogens with two attached hydrogens (primary N) is 2. The Hall–Kier alpha value is -0.160. The van der Waals surface area contributed by atoms with Gasteiger partial charge in [0, 0.05) is 36.3 Å². The van der Waals surface area contributed by atoms with Crippen molar-refractivity contribution in [3.8, 4) is 0 Å². The van der Waals surface area contributed by atoms with Crippen LogP contribution in [0.5, 0.6) is 0 Å². The van der Waals surface area contributed by atoms with E-state index in [0.29, 0.717) is 24.2 Å². The molecule has 1 aliphatic heterocycles. The molecule has 92 valence electrons. The topological polar surface area (TPSA) is 76.1 Å². The van der Waals surface area contributed by atoms with Gasteiger partial charge in [-0.15, -0.1) is 0 Å². The molecule has 4 heteroatoms. The highest BCUT2D eigenvalue weighted by Gasteiger charge is 2.41. The van der Waals surface area contributed by atoms with Gasteiger partial charge in [-0.25, -0.2) is 0 Å². The van der Waals surface area contributed by atoms with E-state index in [1.807, 2.05) is 0 Å². The van der Waals surface area contributed by atoms with E-state index in [1.165, 1.54) is 25.7 Å². The fourth-order valence-corrected chi connectivity index (χ4v) is 3.71. The lowest BCUT2D eigenvalue weighted by molar-refractivity contribution is 0.123. The molecule has 16 heavy (non-hydrogen) atoms. The fourth-order valence-electron chi connectivity index (χ4n) is 3.71. The van der Waals surface area contributed by atoms with Gasteiger partial charge >= 0.3 is 0 Å². The molecule has 0 aromatic heterocycles. The Morgan fingerprint density at radius 2 is 1.12 bits per heavy atom. The summed E-state index contributed by atoms with van der Waals surface area (Å²) in [4.78, 5) is 0. The van der Waals surface area contributed by atoms with Crippen LogP contribution in [0.15, 0.2) is 0 Å². The van der Waals surface area contributed by atoms with Crippen LogP contribution in [0.1, 0.15) is 38.5 Å². The van der Waals surface area contributed by atoms with Crippen LogP contribution >= 0.6 is 0 Å². The molecule has 6 N–H and O–H groups in total. The highest BCUT2D eigenvalue weighted by atomic mass is 15.2. The van der Waals surface area contributed by atoms with Gasteiger partial charge in [-0.2, -0.15) is 0 Å². The largest absolute Gasteiger partial charge is 0.326 e. The third kappa shape index (κ3) is 1.88. The first kappa shape index (κ1) is 11.0. The predicted molar refractivity (Wildman–Crippen MR) is 65.1 cm³/mol. The number of rotatable bonds is 0. The van der Waals surface area contributed by atoms with Crippen molar-refractivity contribution in [3.05, 3.63) is 0 Å². The molecule has 3 aliphatic rings. The van der Waals surface area contributed by atoms with Crippen molar-refractivity contribution >= 4 is 0 Å². The molecule has 0 spiro atoms. The van der Waals surface area contributed by atoms with Gasteiger partial charge in [0.25, 0.3) is 0 Å². The van der Waals surface area contributed by atoms with Crippen molar-refractivity contribution in [2.24, 2.45) is 11.5 Å². The molecule has 2 aliphatic carbocycles. The van der Waals surface area contributed by atoms with Crippen LogP contribution in [-0.2, 0) is 0 Å². The minimum absolute atomic E-state index is 0.177. The number of piperazine rings is 1. The maximum absolute atomic E-state index is 6.06. The number of hydrogen-bond acceptors (Lipinski definition) is 4. The van der Waals surface area contributed by atoms with Gasteiger partial charge in [-0.3, -0.25) is 0 Å². The molecule has 0 aromatic carbocycles. The number of nitrogens with one attached hydrogen (secondary N) is 2. The molecule has 0 radical (unpaired) electrons. The van der Waals surface area contributed by atoms with Gasteiger partial charge in [-0.1, -0.05) is 12.8 Å². The second-order valence-electron chi connectivity index (χ2n) is 5.84. The summed E-state index contributed by atoms with van der Waals surface area (Å²) in [6.07, 6.45) is 7.45. The van der Waals surface area contributed by atoms with Gasteiger partial charge in [-0.05, 0) is 25.7 Å². The van der Waals surface area contributed by atoms with E-state index in [-0.39, 0.29) is 12.1 Å². The summed E-state index contributed by atoms with van der Waals surface area (Å²) in [7, 11) is 0. The normalized spacial score (nSPS) is 52.9. The summed E-state index contributed by atoms with van der Waals surface area (Å²) in [5.74, 6) is 0. The van der Waals surface area contributed by atoms with Gasteiger partial charge in [0.15, 0.2) is 0 Å². The first-order chi connectivity index (χ1) is 7.74. The van der Waals surface area contributed by atoms with Gasteiger partial charge in [0.1, 0.15) is 0 Å². The predicted octanol–water partition coefficient (Wildman–Crippen LogP) is -0.324. The minimum atomic E-state index is 0.177. The van der Waals surface area contributed by atoms with E-state index in [2.05, 4.69) is 10.6 Å². The first-order valence-electron chi connectivity index (χ1n) is 6.77. The third-order valence-corrected chi connectivity index (χ3v) is 4.71. The minimum Gasteiger partial charge on any atom is -0.326 e. The Bertz CT molecular complexity index is 231. The Morgan fingerprint density at radius 3 is 1.56 bits per heavy atom. The molecule has 0 aromatic rings. The first-order valence-corrected chi connectivity index (χ1v) is 6.77. The zero-order valence-electron chi connectivity index (χ0n) is 9.86. The summed E-state index contributed by atoms with van der Waals surface area (Å²) in [5.41, 5.74) is 12.1. The Labute approximate surface area is 97.5 Å². The third-order valence-electron chi connectivity index (χ3n) is 4.71. The molecule has 6 atom stereocenters. The van der Waals surface area contributed by atoms with Crippen LogP contribution in [0, 0.1) is 0 Å². The summed E-state index contributed by atoms with van der Waals surface area (Å²) in [6.45, 7) is 0. The van der Waals surface area contributed by atoms with Crippen molar-refractivity contribution in [3.63, 3.8) is 0 Å². The molecule has 0 amide bonds. The van der Waals surface area contributed by atoms with Crippen molar-refractivity contribution in [2.45, 2.75) is 74.8 Å². The fraction of sp³-hybridized carbons (Fsp3) is 1.00. The second kappa shape index (κ2) is 4.26. The van der Waals surface area contributed by atoms with E-state index in [9.17, 15) is 0 Å². The molecule has 3 rings (SSSR count). The number of hydrogen-bond donors (Lipinski definition) is 4. The smallest absolute Gasteiger partial charge is 0.0240 e. The summed E-state index contributed by atoms with van der Waals surface area (Å²) in [5, 5.41) is 7.62. The zero-order valence-corrected chi connectivity index (χ0v) is 9.86. The average Bonchev–Trinajstić information content (AvgIpc) is 2.28. The average molecular weight is 224 g/mol. The molecule has 3 fully saturated rings. The van der Waals surface area contributed by atoms with Crippen molar-refractivity contribution in [1.29, 1.82) is 0 Å². The SMILES string of the molecule is N[C@@H]1C[C@@H]2N[C@@H]3CCCC[C@@H]3N[C@@H]2C[C@@H]1N. The van der Waals surface area contributed by atoms with E-state index in [4.69, 9.17) is 11.5 Å². The summed E-state index contributed by atoms with van der Waals surface area (Å²) < 4.78 is 0. The van der Waals surface area contributed by atoms with E-state index < -0.39 is 0 Å². The zero-order chi connectivity index (χ0) is 11.1. The van der Waals surface area contributed by atoms with Crippen LogP contribution in [-0.4, -0.2) is 36.3 Å². The van der Waals surface area contributed by atoms with Crippen LogP contribution in [0.2, 0.25) is 0 Å². The highest BCUT2D eigenvalue weighted by molar-refractivity contribution is 5.05. The summed E-state index contributed by atoms with van der Waals surface area (Å²) >= 11 is 0. The van der Waals surface area contributed by atoms with Crippen molar-refractivity contribution in [2.75, 3.05) is 0 Å². The van der Waals surface area contributed by atoms with Crippen LogP contribution in [0.25, 0.3) is 0 Å². The van der Waals surface area contributed by atoms with E-state index in [0.717, 1.165) is 12.8 Å². The van der Waals surface area contributed by atoms with Crippen LogP contribution < -0.4 is 22.1 Å². The monoisotopic (exact) mass is 224 g/mol. The molecule has 1 saturated heterocycles. The van der Waals surface area contributed by atoms with Crippen molar-refractivity contribution < 1.29 is 0 Å². The standard InChI is InChI=1S/C12H24N4/c13-7-5-11-12(6-8(7)14)16-10-4-2-1-3-9(10)15-11/h7-12,15-16H,1-6,13-14H2/t7-,8+,9-,10+,11+,12-. The maximum Gasteiger partial charge on any atom is 0.0240 e. The van der Waals surface area contributed by atoms with Crippen LogP contribution in [0.3, 0.4) is 0 Å². The number of fused-ring (bicyclic) bond motifs is 2. The second-order valence-corrected chi connectivity index (χ2v) is 5.84. The molecular formula is C12H24N4. The Kier molecular flexibility index (Phi) is 2.92. The molecule has 2 saturated carbocycles. The molecule has 0 bridgehead atoms. The molecular weight excluding hydrogens is 200 g/mol. The Morgan fingerprint density at radius 1 is 0.688 bits per heavy atom. The lowest BCUT2D eigenvalue weighted by Gasteiger charge is -2.50. The van der Waals surface area contributed by atoms with Gasteiger partial charge in [0.2, 0.25) is 0 Å². The molecule has 1 heterocycles. The van der Waals surface area contributed by atoms with E-state index in [1.54, 1.807) is 0 Å². The lowest BCUT2D eigenvalue weighted by atomic mass is 9.78. The molecule has 4 nitrogen and oxygen atoms in total. The van der Waals surface area contributed by atoms with Crippen LogP contribution in [0.4, 0.5) is 0 Å². The maximum atomic E-state index is 6.06. The van der Waals surface area contributed by atoms with Crippen molar-refractivity contribution in [1.82, 2.24) is 10.6 Å². The van der Waals surface area contributed by atoms with E-state index >= 15 is 0 Å². The Balaban J connectivity index is 1.69. The summed E-state index contributed by atoms with van der Waals surface area (Å²) in [6, 6.07) is 2.81. The lowest BCUT2D eigenvalue weighted by Crippen LogP contribution is -2.71. The highest BCUT2D eigenvalue weighted by Crippen LogP contribution is 2.28. The van der Waals surface area contributed by atoms with Gasteiger partial charge < -0.3 is 22.1 Å². The van der Waals surface area contributed by atoms with Gasteiger partial charge in [0.05, 0.1) is 0 Å². The quantitative estimate of drug-likeness (QED) is 0.455. The molecule has 0 unspecified atom stereocenters.